The van der Waals surface area contributed by atoms with Crippen LogP contribution in [0.25, 0.3) is 11.1 Å². The van der Waals surface area contributed by atoms with Crippen molar-refractivity contribution >= 4 is 41.0 Å². The third kappa shape index (κ3) is 12.3. The van der Waals surface area contributed by atoms with Gasteiger partial charge in [-0.2, -0.15) is 0 Å². The minimum atomic E-state index is -0.823. The van der Waals surface area contributed by atoms with Crippen LogP contribution in [0.3, 0.4) is 0 Å². The summed E-state index contributed by atoms with van der Waals surface area (Å²) in [7, 11) is 0. The predicted molar refractivity (Wildman–Crippen MR) is 361 cm³/mol. The van der Waals surface area contributed by atoms with E-state index in [2.05, 4.69) is 107 Å². The van der Waals surface area contributed by atoms with Crippen molar-refractivity contribution < 1.29 is 63.0 Å². The van der Waals surface area contributed by atoms with Crippen LogP contribution in [0, 0.1) is 85.2 Å². The van der Waals surface area contributed by atoms with Crippen LogP contribution >= 0.6 is 0 Å². The third-order valence-corrected chi connectivity index (χ3v) is 27.1. The molecule has 3 N–H and O–H groups in total. The van der Waals surface area contributed by atoms with Gasteiger partial charge >= 0.3 is 29.8 Å². The molecular formula is C80H112O13. The maximum atomic E-state index is 16.1. The van der Waals surface area contributed by atoms with Crippen LogP contribution in [0.2, 0.25) is 0 Å². The van der Waals surface area contributed by atoms with Crippen molar-refractivity contribution in [2.45, 2.75) is 257 Å². The lowest BCUT2D eigenvalue weighted by Gasteiger charge is -2.69. The minimum Gasteiger partial charge on any atom is -0.459 e. The van der Waals surface area contributed by atoms with Crippen LogP contribution in [0.1, 0.15) is 232 Å². The van der Waals surface area contributed by atoms with Crippen LogP contribution in [0.4, 0.5) is 0 Å². The van der Waals surface area contributed by atoms with Gasteiger partial charge in [0.25, 0.3) is 0 Å². The van der Waals surface area contributed by atoms with Crippen LogP contribution in [-0.4, -0.2) is 88.6 Å². The second-order valence-corrected chi connectivity index (χ2v) is 33.3. The molecule has 13 nitrogen and oxygen atoms in total. The molecule has 0 saturated heterocycles. The first-order chi connectivity index (χ1) is 43.6. The van der Waals surface area contributed by atoms with E-state index in [9.17, 15) is 34.5 Å². The van der Waals surface area contributed by atoms with Crippen molar-refractivity contribution in [3.63, 3.8) is 0 Å². The molecule has 3 unspecified atom stereocenters. The van der Waals surface area contributed by atoms with Gasteiger partial charge in [0.1, 0.15) is 18.3 Å². The standard InChI is InChI=1S/C80H112O13/c1-45(2)53(51-24-20-18-21-25-51)28-30-55(71(86)89-44-90-73(88)74(9,10)11)67-59-40-63(85)70-76(13)37-35-64(48(6)58(76)33-39-78(70,15)79(59,16)42-65(67)91-49(7)81)93-72(87)56(31-29-54(46(3)4)52-26-22-19-23-27-52)68-60-41-62(84)69-75(12)36-34-61(83)47(5)57(75)32-38-77(69,14)80(60,17)43-66(68)92-50(8)82/h18-27,47-48,57-66,69-70,83-85H,28-44H2,1-17H3/t47-,48-,57?,58?,59+,60+,61+,62+,63+,64+,65-,66-,69?,70+,75-,76-,77-,78-,79-,80-/m0/s1. The average molecular weight is 1280 g/mol. The molecule has 8 aliphatic rings. The van der Waals surface area contributed by atoms with Crippen molar-refractivity contribution in [3.05, 3.63) is 105 Å². The summed E-state index contributed by atoms with van der Waals surface area (Å²) in [6.45, 7) is 34.3. The van der Waals surface area contributed by atoms with Gasteiger partial charge in [-0.05, 0) is 264 Å². The summed E-state index contributed by atoms with van der Waals surface area (Å²) in [5.74, 6) is -2.98. The Labute approximate surface area is 555 Å². The fourth-order valence-corrected chi connectivity index (χ4v) is 22.5. The van der Waals surface area contributed by atoms with E-state index in [0.29, 0.717) is 80.9 Å². The maximum Gasteiger partial charge on any atom is 0.336 e. The molecule has 0 heterocycles. The molecule has 93 heavy (non-hydrogen) atoms. The van der Waals surface area contributed by atoms with Crippen molar-refractivity contribution in [1.29, 1.82) is 0 Å². The number of carbonyl (C=O) groups is 5. The molecule has 8 fully saturated rings. The number of benzene rings is 2. The van der Waals surface area contributed by atoms with E-state index in [4.69, 9.17) is 23.7 Å². The molecule has 20 atom stereocenters. The number of carbonyl (C=O) groups excluding carboxylic acids is 5. The molecule has 8 aliphatic carbocycles. The molecule has 0 spiro atoms. The Morgan fingerprint density at radius 1 is 0.495 bits per heavy atom. The number of fused-ring (bicyclic) bond motifs is 10. The fourth-order valence-electron chi connectivity index (χ4n) is 22.5. The van der Waals surface area contributed by atoms with Gasteiger partial charge in [-0.1, -0.05) is 127 Å². The summed E-state index contributed by atoms with van der Waals surface area (Å²) >= 11 is 0. The normalized spacial score (nSPS) is 39.4. The van der Waals surface area contributed by atoms with Gasteiger partial charge in [-0.3, -0.25) is 14.4 Å². The van der Waals surface area contributed by atoms with Crippen molar-refractivity contribution in [1.82, 2.24) is 0 Å². The van der Waals surface area contributed by atoms with Gasteiger partial charge in [0, 0.05) is 25.0 Å². The van der Waals surface area contributed by atoms with Gasteiger partial charge in [-0.25, -0.2) is 9.59 Å². The minimum absolute atomic E-state index is 0.0539. The lowest BCUT2D eigenvalue weighted by Crippen LogP contribution is -2.65. The maximum absolute atomic E-state index is 16.1. The second-order valence-electron chi connectivity index (χ2n) is 33.3. The number of esters is 5. The van der Waals surface area contributed by atoms with Crippen LogP contribution in [-0.2, 0) is 47.7 Å². The molecule has 2 aromatic carbocycles. The lowest BCUT2D eigenvalue weighted by atomic mass is 9.36. The molecule has 0 amide bonds. The highest BCUT2D eigenvalue weighted by molar-refractivity contribution is 5.91. The smallest absolute Gasteiger partial charge is 0.336 e. The SMILES string of the molecule is CC(=O)O[C@H]1C[C@@]2(C)[C@H](C[C@@H](O)C3[C@@]4(C)CC[C@@H](O)[C@@H](C)C4CC[C@@]32C)C1=C(CCC(=C(C)C)c1ccccc1)C(=O)O[C@@H]1CC[C@@]2(C)C(CC[C@@]3(C)[C@@H]2[C@H](O)C[C@@H]2C(=C(CCC(=C(C)C)c4ccccc4)C(=O)OCOC(=O)C(C)(C)C)[C@@H](OC(C)=O)C[C@@]23C)[C@@H]1C. The molecule has 0 aromatic heterocycles. The van der Waals surface area contributed by atoms with Crippen molar-refractivity contribution in [3.8, 4) is 0 Å². The number of allylic oxidation sites excluding steroid dienone is 4. The first-order valence-electron chi connectivity index (χ1n) is 35.4. The number of hydrogen-bond donors (Lipinski definition) is 3. The van der Waals surface area contributed by atoms with E-state index in [1.807, 2.05) is 36.4 Å². The Hall–Kier alpha value is -5.37. The highest BCUT2D eigenvalue weighted by atomic mass is 16.7. The van der Waals surface area contributed by atoms with Crippen LogP contribution in [0.15, 0.2) is 94.1 Å². The number of ether oxygens (including phenoxy) is 5. The molecule has 0 bridgehead atoms. The summed E-state index contributed by atoms with van der Waals surface area (Å²) in [6.07, 6.45) is 5.69. The Kier molecular flexibility index (Phi) is 19.9. The Morgan fingerprint density at radius 2 is 0.914 bits per heavy atom. The number of aliphatic hydroxyl groups excluding tert-OH is 3. The topological polar surface area (TPSA) is 192 Å². The quantitative estimate of drug-likeness (QED) is 0.0661. The Bertz CT molecular complexity index is 3310. The van der Waals surface area contributed by atoms with Crippen molar-refractivity contribution in [2.24, 2.45) is 85.2 Å². The van der Waals surface area contributed by atoms with Crippen molar-refractivity contribution in [2.75, 3.05) is 6.79 Å². The molecule has 13 heteroatoms. The van der Waals surface area contributed by atoms with E-state index in [1.165, 1.54) is 13.8 Å². The second kappa shape index (κ2) is 26.2. The summed E-state index contributed by atoms with van der Waals surface area (Å²) in [6, 6.07) is 20.4. The van der Waals surface area contributed by atoms with Crippen LogP contribution in [0.5, 0.6) is 0 Å². The predicted octanol–water partition coefficient (Wildman–Crippen LogP) is 15.9. The molecule has 10 rings (SSSR count). The zero-order chi connectivity index (χ0) is 67.9. The Balaban J connectivity index is 0.984. The molecule has 0 radical (unpaired) electrons. The molecule has 0 aliphatic heterocycles. The number of hydrogen-bond acceptors (Lipinski definition) is 13. The molecule has 510 valence electrons. The summed E-state index contributed by atoms with van der Waals surface area (Å²) in [5, 5.41) is 37.3. The van der Waals surface area contributed by atoms with Gasteiger partial charge in [0.15, 0.2) is 0 Å². The van der Waals surface area contributed by atoms with Gasteiger partial charge < -0.3 is 39.0 Å². The monoisotopic (exact) mass is 1280 g/mol. The average Bonchev–Trinajstić information content (AvgIpc) is 1.66. The molecular weight excluding hydrogens is 1170 g/mol. The zero-order valence-electron chi connectivity index (χ0n) is 59.3. The van der Waals surface area contributed by atoms with E-state index in [1.54, 1.807) is 20.8 Å². The highest BCUT2D eigenvalue weighted by Gasteiger charge is 2.73. The molecule has 8 saturated carbocycles. The van der Waals surface area contributed by atoms with E-state index >= 15 is 4.79 Å². The molecule has 2 aromatic rings. The third-order valence-electron chi connectivity index (χ3n) is 27.1. The van der Waals surface area contributed by atoms with Gasteiger partial charge in [0.2, 0.25) is 6.79 Å². The van der Waals surface area contributed by atoms with Crippen LogP contribution < -0.4 is 0 Å². The number of rotatable bonds is 15. The fraction of sp³-hybridized carbons (Fsp3) is 0.688. The Morgan fingerprint density at radius 3 is 1.33 bits per heavy atom. The summed E-state index contributed by atoms with van der Waals surface area (Å²) < 4.78 is 31.4. The summed E-state index contributed by atoms with van der Waals surface area (Å²) in [4.78, 5) is 70.7. The first-order valence-corrected chi connectivity index (χ1v) is 35.4. The van der Waals surface area contributed by atoms with Gasteiger partial charge in [0.05, 0.1) is 23.7 Å². The largest absolute Gasteiger partial charge is 0.459 e. The van der Waals surface area contributed by atoms with Gasteiger partial charge in [-0.15, -0.1) is 0 Å². The number of aliphatic hydroxyl groups is 3. The highest BCUT2D eigenvalue weighted by Crippen LogP contribution is 2.77. The van der Waals surface area contributed by atoms with E-state index < -0.39 is 94.2 Å². The van der Waals surface area contributed by atoms with E-state index in [-0.39, 0.29) is 70.7 Å². The lowest BCUT2D eigenvalue weighted by molar-refractivity contribution is -0.236. The summed E-state index contributed by atoms with van der Waals surface area (Å²) in [5.41, 5.74) is 5.64. The van der Waals surface area contributed by atoms with E-state index in [0.717, 1.165) is 71.1 Å². The first kappa shape index (κ1) is 70.4. The zero-order valence-corrected chi connectivity index (χ0v) is 59.3.